The van der Waals surface area contributed by atoms with Crippen molar-refractivity contribution in [2.24, 2.45) is 34.5 Å². The van der Waals surface area contributed by atoms with Crippen molar-refractivity contribution >= 4 is 26.6 Å². The molecule has 0 heterocycles. The number of hydrogen-bond donors (Lipinski definition) is 2. The average Bonchev–Trinajstić information content (AvgIpc) is 3.02. The normalized spacial score (nSPS) is 41.9. The lowest BCUT2D eigenvalue weighted by Crippen LogP contribution is -2.51. The van der Waals surface area contributed by atoms with Gasteiger partial charge >= 0.3 is 20.8 Å². The first-order valence-electron chi connectivity index (χ1n) is 11.2. The van der Waals surface area contributed by atoms with E-state index in [0.29, 0.717) is 37.0 Å². The number of Topliss-reactive ketones (excluding diaryl/α,β-unsaturated/α-hetero) is 1. The van der Waals surface area contributed by atoms with E-state index in [0.717, 1.165) is 32.1 Å². The van der Waals surface area contributed by atoms with Crippen LogP contribution in [0.25, 0.3) is 0 Å². The van der Waals surface area contributed by atoms with Gasteiger partial charge in [0.2, 0.25) is 0 Å². The third-order valence-corrected chi connectivity index (χ3v) is 9.99. The molecule has 4 aliphatic rings. The molecule has 32 heavy (non-hydrogen) atoms. The molecule has 0 aliphatic heterocycles. The Morgan fingerprint density at radius 1 is 1.03 bits per heavy atom. The van der Waals surface area contributed by atoms with Crippen molar-refractivity contribution < 1.29 is 39.1 Å². The Bertz CT molecular complexity index is 1020. The van der Waals surface area contributed by atoms with Gasteiger partial charge in [0.25, 0.3) is 0 Å². The monoisotopic (exact) mass is 492 g/mol. The molecule has 0 aromatic rings. The first-order valence-corrected chi connectivity index (χ1v) is 14.0. The van der Waals surface area contributed by atoms with Crippen LogP contribution in [-0.2, 0) is 34.0 Å². The van der Waals surface area contributed by atoms with E-state index in [1.807, 2.05) is 0 Å². The zero-order valence-corrected chi connectivity index (χ0v) is 20.0. The fourth-order valence-corrected chi connectivity index (χ4v) is 8.42. The van der Waals surface area contributed by atoms with Crippen LogP contribution in [0.2, 0.25) is 0 Å². The third-order valence-electron chi connectivity index (χ3n) is 9.06. The SMILES string of the molecule is C[C@]12CC[C@H]3[C@@H](CC=C4CC(OS(=O)(=O)O)CC[C@@]43C)[C@@H]1CC[C@@H]2C(=O)COS(=O)(=O)O. The predicted octanol–water partition coefficient (Wildman–Crippen LogP) is 3.14. The standard InChI is InChI=1S/C21H32O9S2/c1-20-9-7-14(30-32(26,27)28)11-13(20)3-4-15-16-5-6-18(19(22)12-29-31(23,24)25)21(16,2)10-8-17(15)20/h3,14-18H,4-12H2,1-2H3,(H,23,24,25)(H,26,27,28)/t14?,15-,16-,17-,18+,20-,21-/m0/s1. The maximum absolute atomic E-state index is 12.8. The van der Waals surface area contributed by atoms with Crippen LogP contribution >= 0.6 is 0 Å². The Hall–Kier alpha value is -0.850. The van der Waals surface area contributed by atoms with Crippen LogP contribution in [0.15, 0.2) is 11.6 Å². The van der Waals surface area contributed by atoms with Crippen molar-refractivity contribution in [1.82, 2.24) is 0 Å². The number of rotatable bonds is 6. The highest BCUT2D eigenvalue weighted by atomic mass is 32.3. The van der Waals surface area contributed by atoms with Gasteiger partial charge in [-0.05, 0) is 80.0 Å². The van der Waals surface area contributed by atoms with Crippen LogP contribution in [0.3, 0.4) is 0 Å². The van der Waals surface area contributed by atoms with Gasteiger partial charge in [0.05, 0.1) is 6.10 Å². The Labute approximate surface area is 189 Å². The van der Waals surface area contributed by atoms with Gasteiger partial charge in [0.1, 0.15) is 6.61 Å². The molecule has 0 bridgehead atoms. The highest BCUT2D eigenvalue weighted by Crippen LogP contribution is 2.66. The fourth-order valence-electron chi connectivity index (χ4n) is 7.64. The highest BCUT2D eigenvalue weighted by Gasteiger charge is 2.59. The number of allylic oxidation sites excluding steroid dienone is 1. The first-order chi connectivity index (χ1) is 14.7. The minimum absolute atomic E-state index is 0.0561. The molecule has 0 amide bonds. The third kappa shape index (κ3) is 4.44. The summed E-state index contributed by atoms with van der Waals surface area (Å²) in [6.45, 7) is 3.76. The van der Waals surface area contributed by atoms with E-state index in [-0.39, 0.29) is 22.5 Å². The maximum Gasteiger partial charge on any atom is 0.397 e. The smallest absolute Gasteiger partial charge is 0.297 e. The average molecular weight is 493 g/mol. The molecule has 3 fully saturated rings. The molecule has 11 heteroatoms. The molecule has 0 spiro atoms. The van der Waals surface area contributed by atoms with Crippen molar-refractivity contribution in [3.05, 3.63) is 11.6 Å². The van der Waals surface area contributed by atoms with Crippen molar-refractivity contribution in [3.63, 3.8) is 0 Å². The molecule has 9 nitrogen and oxygen atoms in total. The summed E-state index contributed by atoms with van der Waals surface area (Å²) < 4.78 is 71.2. The van der Waals surface area contributed by atoms with Crippen molar-refractivity contribution in [3.8, 4) is 0 Å². The van der Waals surface area contributed by atoms with Gasteiger partial charge in [0, 0.05) is 5.92 Å². The first kappa shape index (κ1) is 24.3. The number of ketones is 1. The number of hydrogen-bond acceptors (Lipinski definition) is 7. The molecule has 2 N–H and O–H groups in total. The predicted molar refractivity (Wildman–Crippen MR) is 114 cm³/mol. The van der Waals surface area contributed by atoms with E-state index in [1.54, 1.807) is 0 Å². The highest BCUT2D eigenvalue weighted by molar-refractivity contribution is 7.81. The molecule has 4 rings (SSSR count). The summed E-state index contributed by atoms with van der Waals surface area (Å²) in [6, 6.07) is 0. The molecule has 182 valence electrons. The molecular formula is C21H32O9S2. The molecule has 0 radical (unpaired) electrons. The zero-order chi connectivity index (χ0) is 23.5. The molecular weight excluding hydrogens is 460 g/mol. The van der Waals surface area contributed by atoms with Crippen molar-refractivity contribution in [1.29, 1.82) is 0 Å². The van der Waals surface area contributed by atoms with Gasteiger partial charge < -0.3 is 0 Å². The second-order valence-electron chi connectivity index (χ2n) is 10.5. The van der Waals surface area contributed by atoms with Crippen molar-refractivity contribution in [2.75, 3.05) is 6.61 Å². The molecule has 7 atom stereocenters. The number of carbonyl (C=O) groups is 1. The topological polar surface area (TPSA) is 144 Å². The van der Waals surface area contributed by atoms with Crippen LogP contribution in [0, 0.1) is 34.5 Å². The van der Waals surface area contributed by atoms with Gasteiger partial charge in [0.15, 0.2) is 5.78 Å². The van der Waals surface area contributed by atoms with Crippen LogP contribution in [0.5, 0.6) is 0 Å². The van der Waals surface area contributed by atoms with Gasteiger partial charge in [-0.15, -0.1) is 0 Å². The number of fused-ring (bicyclic) bond motifs is 5. The minimum Gasteiger partial charge on any atom is -0.297 e. The largest absolute Gasteiger partial charge is 0.397 e. The summed E-state index contributed by atoms with van der Waals surface area (Å²) in [6.07, 6.45) is 7.76. The van der Waals surface area contributed by atoms with Gasteiger partial charge in [-0.2, -0.15) is 16.8 Å². The summed E-state index contributed by atoms with van der Waals surface area (Å²) in [7, 11) is -9.12. The van der Waals surface area contributed by atoms with E-state index in [4.69, 9.17) is 13.3 Å². The van der Waals surface area contributed by atoms with Gasteiger partial charge in [-0.3, -0.25) is 13.9 Å². The van der Waals surface area contributed by atoms with Crippen LogP contribution in [0.1, 0.15) is 65.2 Å². The second kappa shape index (κ2) is 8.13. The Morgan fingerprint density at radius 2 is 1.75 bits per heavy atom. The van der Waals surface area contributed by atoms with Crippen LogP contribution in [0.4, 0.5) is 0 Å². The summed E-state index contributed by atoms with van der Waals surface area (Å²) in [5, 5.41) is 0. The molecule has 4 aliphatic carbocycles. The quantitative estimate of drug-likeness (QED) is 0.422. The lowest BCUT2D eigenvalue weighted by Gasteiger charge is -2.58. The van der Waals surface area contributed by atoms with Crippen LogP contribution < -0.4 is 0 Å². The molecule has 0 aromatic heterocycles. The Morgan fingerprint density at radius 3 is 2.41 bits per heavy atom. The number of carbonyl (C=O) groups excluding carboxylic acids is 1. The molecule has 0 saturated heterocycles. The van der Waals surface area contributed by atoms with E-state index < -0.39 is 33.5 Å². The molecule has 3 saturated carbocycles. The lowest BCUT2D eigenvalue weighted by atomic mass is 9.47. The zero-order valence-electron chi connectivity index (χ0n) is 18.4. The van der Waals surface area contributed by atoms with Crippen LogP contribution in [-0.4, -0.2) is 44.4 Å². The Kier molecular flexibility index (Phi) is 6.17. The summed E-state index contributed by atoms with van der Waals surface area (Å²) in [4.78, 5) is 12.8. The fraction of sp³-hybridized carbons (Fsp3) is 0.857. The molecule has 0 aromatic carbocycles. The van der Waals surface area contributed by atoms with E-state index in [9.17, 15) is 21.6 Å². The maximum atomic E-state index is 12.8. The lowest BCUT2D eigenvalue weighted by molar-refractivity contribution is -0.131. The van der Waals surface area contributed by atoms with Gasteiger partial charge in [-0.1, -0.05) is 25.5 Å². The van der Waals surface area contributed by atoms with E-state index >= 15 is 0 Å². The summed E-state index contributed by atoms with van der Waals surface area (Å²) >= 11 is 0. The summed E-state index contributed by atoms with van der Waals surface area (Å²) in [5.74, 6) is 0.610. The molecule has 1 unspecified atom stereocenters. The Balaban J connectivity index is 1.51. The van der Waals surface area contributed by atoms with E-state index in [1.165, 1.54) is 5.57 Å². The van der Waals surface area contributed by atoms with Crippen molar-refractivity contribution in [2.45, 2.75) is 71.3 Å². The van der Waals surface area contributed by atoms with Gasteiger partial charge in [-0.25, -0.2) is 8.37 Å². The summed E-state index contributed by atoms with van der Waals surface area (Å²) in [5.41, 5.74) is 0.919. The van der Waals surface area contributed by atoms with E-state index in [2.05, 4.69) is 24.1 Å². The second-order valence-corrected chi connectivity index (χ2v) is 12.6. The minimum atomic E-state index is -4.65.